The molecule has 5 nitrogen and oxygen atoms in total. The molecule has 1 saturated heterocycles. The van der Waals surface area contributed by atoms with Crippen molar-refractivity contribution in [3.05, 3.63) is 45.4 Å². The first-order valence-corrected chi connectivity index (χ1v) is 10.2. The molecule has 2 fully saturated rings. The predicted octanol–water partition coefficient (Wildman–Crippen LogP) is 4.07. The molecule has 1 aliphatic heterocycles. The fourth-order valence-electron chi connectivity index (χ4n) is 4.16. The number of aliphatic hydroxyl groups excluding tert-OH is 1. The Kier molecular flexibility index (Phi) is 4.90. The standard InChI is InChI=1S/C19H22ClN3O2S/c1-11-8-14(20)4-2-13(11)9-15-10-21-18(26-15)22-19(25)23-7-6-12-3-5-16(24)17(12)23/h2,4,8,10,12,16-17,24H,3,5-7,9H2,1H3,(H,21,22,25)/t12-,16+,17+/m0/s1. The molecule has 2 heterocycles. The number of aromatic nitrogens is 1. The number of aliphatic hydroxyl groups is 1. The quantitative estimate of drug-likeness (QED) is 0.828. The number of likely N-dealkylation sites (tertiary alicyclic amines) is 1. The summed E-state index contributed by atoms with van der Waals surface area (Å²) in [7, 11) is 0. The number of thiazole rings is 1. The van der Waals surface area contributed by atoms with Gasteiger partial charge >= 0.3 is 6.03 Å². The van der Waals surface area contributed by atoms with Crippen molar-refractivity contribution in [3.8, 4) is 0 Å². The molecule has 3 atom stereocenters. The lowest BCUT2D eigenvalue weighted by Crippen LogP contribution is -2.44. The summed E-state index contributed by atoms with van der Waals surface area (Å²) in [5.74, 6) is 0.440. The normalized spacial score (nSPS) is 24.7. The number of benzene rings is 1. The van der Waals surface area contributed by atoms with Gasteiger partial charge in [0.1, 0.15) is 0 Å². The van der Waals surface area contributed by atoms with Crippen LogP contribution in [0.3, 0.4) is 0 Å². The zero-order chi connectivity index (χ0) is 18.3. The van der Waals surface area contributed by atoms with Gasteiger partial charge in [-0.1, -0.05) is 17.7 Å². The fraction of sp³-hybridized carbons (Fsp3) is 0.474. The molecular weight excluding hydrogens is 370 g/mol. The number of amides is 2. The van der Waals surface area contributed by atoms with Crippen molar-refractivity contribution in [1.29, 1.82) is 0 Å². The second-order valence-electron chi connectivity index (χ2n) is 7.19. The number of carbonyl (C=O) groups excluding carboxylic acids is 1. The molecule has 1 aromatic carbocycles. The van der Waals surface area contributed by atoms with E-state index < -0.39 is 6.10 Å². The number of hydrogen-bond acceptors (Lipinski definition) is 4. The largest absolute Gasteiger partial charge is 0.391 e. The van der Waals surface area contributed by atoms with E-state index in [0.29, 0.717) is 17.6 Å². The zero-order valence-corrected chi connectivity index (χ0v) is 16.2. The number of nitrogens with zero attached hydrogens (tertiary/aromatic N) is 2. The summed E-state index contributed by atoms with van der Waals surface area (Å²) in [6.45, 7) is 2.75. The Balaban J connectivity index is 1.41. The first-order valence-electron chi connectivity index (χ1n) is 8.96. The molecule has 1 aliphatic carbocycles. The lowest BCUT2D eigenvalue weighted by molar-refractivity contribution is 0.101. The van der Waals surface area contributed by atoms with Crippen LogP contribution < -0.4 is 5.32 Å². The van der Waals surface area contributed by atoms with Crippen LogP contribution in [0.2, 0.25) is 5.02 Å². The third-order valence-corrected chi connectivity index (χ3v) is 6.66. The number of fused-ring (bicyclic) bond motifs is 1. The Morgan fingerprint density at radius 2 is 2.27 bits per heavy atom. The van der Waals surface area contributed by atoms with Crippen LogP contribution >= 0.6 is 22.9 Å². The monoisotopic (exact) mass is 391 g/mol. The first kappa shape index (κ1) is 17.8. The van der Waals surface area contributed by atoms with Gasteiger partial charge in [-0.15, -0.1) is 11.3 Å². The van der Waals surface area contributed by atoms with Gasteiger partial charge in [0.05, 0.1) is 12.1 Å². The number of carbonyl (C=O) groups is 1. The average molecular weight is 392 g/mol. The fourth-order valence-corrected chi connectivity index (χ4v) is 5.22. The minimum absolute atomic E-state index is 0.0360. The molecule has 2 N–H and O–H groups in total. The Bertz CT molecular complexity index is 825. The van der Waals surface area contributed by atoms with E-state index in [1.807, 2.05) is 31.3 Å². The Labute approximate surface area is 162 Å². The number of nitrogens with one attached hydrogen (secondary N) is 1. The maximum atomic E-state index is 12.6. The van der Waals surface area contributed by atoms with Gasteiger partial charge in [0.15, 0.2) is 5.13 Å². The molecular formula is C19H22ClN3O2S. The van der Waals surface area contributed by atoms with Gasteiger partial charge in [0.25, 0.3) is 0 Å². The van der Waals surface area contributed by atoms with Crippen LogP contribution in [-0.2, 0) is 6.42 Å². The number of rotatable bonds is 3. The SMILES string of the molecule is Cc1cc(Cl)ccc1Cc1cnc(NC(=O)N2CC[C@@H]3CC[C@@H](O)[C@@H]32)s1. The van der Waals surface area contributed by atoms with E-state index in [0.717, 1.165) is 41.1 Å². The molecule has 2 amide bonds. The third kappa shape index (κ3) is 3.46. The van der Waals surface area contributed by atoms with Gasteiger partial charge in [-0.2, -0.15) is 0 Å². The molecule has 2 aromatic rings. The van der Waals surface area contributed by atoms with E-state index in [9.17, 15) is 9.90 Å². The summed E-state index contributed by atoms with van der Waals surface area (Å²) < 4.78 is 0. The molecule has 0 spiro atoms. The lowest BCUT2D eigenvalue weighted by Gasteiger charge is -2.26. The van der Waals surface area contributed by atoms with E-state index >= 15 is 0 Å². The smallest absolute Gasteiger partial charge is 0.323 e. The average Bonchev–Trinajstić information content (AvgIpc) is 3.29. The molecule has 1 saturated carbocycles. The molecule has 1 aromatic heterocycles. The van der Waals surface area contributed by atoms with Crippen molar-refractivity contribution < 1.29 is 9.90 Å². The minimum atomic E-state index is -0.395. The minimum Gasteiger partial charge on any atom is -0.391 e. The topological polar surface area (TPSA) is 65.5 Å². The highest BCUT2D eigenvalue weighted by molar-refractivity contribution is 7.15. The number of urea groups is 1. The van der Waals surface area contributed by atoms with Gasteiger partial charge in [0.2, 0.25) is 0 Å². The summed E-state index contributed by atoms with van der Waals surface area (Å²) in [4.78, 5) is 19.8. The third-order valence-electron chi connectivity index (χ3n) is 5.51. The Morgan fingerprint density at radius 3 is 3.08 bits per heavy atom. The number of aryl methyl sites for hydroxylation is 1. The van der Waals surface area contributed by atoms with Crippen molar-refractivity contribution in [2.75, 3.05) is 11.9 Å². The van der Waals surface area contributed by atoms with Crippen molar-refractivity contribution in [2.45, 2.75) is 44.8 Å². The molecule has 4 rings (SSSR count). The summed E-state index contributed by atoms with van der Waals surface area (Å²) in [5.41, 5.74) is 2.35. The van der Waals surface area contributed by atoms with Crippen molar-refractivity contribution in [3.63, 3.8) is 0 Å². The van der Waals surface area contributed by atoms with E-state index in [1.165, 1.54) is 16.9 Å². The van der Waals surface area contributed by atoms with E-state index in [2.05, 4.69) is 10.3 Å². The van der Waals surface area contributed by atoms with Gasteiger partial charge in [-0.05, 0) is 55.4 Å². The van der Waals surface area contributed by atoms with Crippen molar-refractivity contribution in [1.82, 2.24) is 9.88 Å². The summed E-state index contributed by atoms with van der Waals surface area (Å²) in [6.07, 6.45) is 4.97. The van der Waals surface area contributed by atoms with Crippen LogP contribution in [0.5, 0.6) is 0 Å². The Morgan fingerprint density at radius 1 is 1.42 bits per heavy atom. The maximum Gasteiger partial charge on any atom is 0.323 e. The second kappa shape index (κ2) is 7.18. The summed E-state index contributed by atoms with van der Waals surface area (Å²) >= 11 is 7.50. The van der Waals surface area contributed by atoms with Gasteiger partial charge in [0, 0.05) is 29.1 Å². The maximum absolute atomic E-state index is 12.6. The molecule has 0 unspecified atom stereocenters. The molecule has 0 radical (unpaired) electrons. The van der Waals surface area contributed by atoms with Crippen LogP contribution in [0, 0.1) is 12.8 Å². The lowest BCUT2D eigenvalue weighted by atomic mass is 10.0. The molecule has 7 heteroatoms. The van der Waals surface area contributed by atoms with Crippen LogP contribution in [-0.4, -0.2) is 39.7 Å². The number of anilines is 1. The number of halogens is 1. The second-order valence-corrected chi connectivity index (χ2v) is 8.74. The van der Waals surface area contributed by atoms with Crippen molar-refractivity contribution in [2.24, 2.45) is 5.92 Å². The van der Waals surface area contributed by atoms with Gasteiger partial charge in [-0.3, -0.25) is 5.32 Å². The van der Waals surface area contributed by atoms with E-state index in [-0.39, 0.29) is 12.1 Å². The molecule has 2 aliphatic rings. The highest BCUT2D eigenvalue weighted by atomic mass is 35.5. The zero-order valence-electron chi connectivity index (χ0n) is 14.6. The highest BCUT2D eigenvalue weighted by Gasteiger charge is 2.45. The van der Waals surface area contributed by atoms with E-state index in [1.54, 1.807) is 4.90 Å². The molecule has 26 heavy (non-hydrogen) atoms. The van der Waals surface area contributed by atoms with Crippen LogP contribution in [0.1, 0.15) is 35.3 Å². The Hall–Kier alpha value is -1.63. The predicted molar refractivity (Wildman–Crippen MR) is 104 cm³/mol. The summed E-state index contributed by atoms with van der Waals surface area (Å²) in [6, 6.07) is 5.69. The number of hydrogen-bond donors (Lipinski definition) is 2. The van der Waals surface area contributed by atoms with Gasteiger partial charge < -0.3 is 10.0 Å². The molecule has 0 bridgehead atoms. The van der Waals surface area contributed by atoms with E-state index in [4.69, 9.17) is 11.6 Å². The van der Waals surface area contributed by atoms with Crippen LogP contribution in [0.15, 0.2) is 24.4 Å². The van der Waals surface area contributed by atoms with Gasteiger partial charge in [-0.25, -0.2) is 9.78 Å². The molecule has 138 valence electrons. The van der Waals surface area contributed by atoms with Crippen LogP contribution in [0.4, 0.5) is 9.93 Å². The highest BCUT2D eigenvalue weighted by Crippen LogP contribution is 2.38. The summed E-state index contributed by atoms with van der Waals surface area (Å²) in [5, 5.41) is 14.4. The van der Waals surface area contributed by atoms with Crippen molar-refractivity contribution >= 4 is 34.1 Å². The first-order chi connectivity index (χ1) is 12.5. The van der Waals surface area contributed by atoms with Crippen LogP contribution in [0.25, 0.3) is 0 Å².